The van der Waals surface area contributed by atoms with Crippen LogP contribution in [0.1, 0.15) is 10.4 Å². The van der Waals surface area contributed by atoms with Gasteiger partial charge in [-0.15, -0.1) is 0 Å². The number of carbonyl (C=O) groups excluding carboxylic acids is 1. The molecule has 2 aromatic rings. The summed E-state index contributed by atoms with van der Waals surface area (Å²) in [5.74, 6) is -5.12. The summed E-state index contributed by atoms with van der Waals surface area (Å²) < 4.78 is 53.0. The fraction of sp³-hybridized carbons (Fsp3) is 0. The predicted octanol–water partition coefficient (Wildman–Crippen LogP) is 3.84. The Bertz CT molecular complexity index is 713. The van der Waals surface area contributed by atoms with Gasteiger partial charge < -0.3 is 11.1 Å². The number of nitrogens with one attached hydrogen (secondary N) is 1. The van der Waals surface area contributed by atoms with Crippen molar-refractivity contribution in [2.75, 3.05) is 11.1 Å². The maximum Gasteiger partial charge on any atom is 0.258 e. The first-order valence-electron chi connectivity index (χ1n) is 5.50. The summed E-state index contributed by atoms with van der Waals surface area (Å²) in [5, 5.41) is 2.06. The van der Waals surface area contributed by atoms with Crippen LogP contribution in [0, 0.1) is 23.3 Å². The van der Waals surface area contributed by atoms with Crippen molar-refractivity contribution in [3.05, 3.63) is 57.6 Å². The Labute approximate surface area is 124 Å². The number of hydrogen-bond donors (Lipinski definition) is 2. The molecule has 3 N–H and O–H groups in total. The van der Waals surface area contributed by atoms with Crippen molar-refractivity contribution in [3.63, 3.8) is 0 Å². The number of halogens is 5. The minimum atomic E-state index is -1.15. The Morgan fingerprint density at radius 3 is 2.29 bits per heavy atom. The molecule has 3 nitrogen and oxygen atoms in total. The number of nitrogens with two attached hydrogens (primary N) is 1. The molecule has 2 aromatic carbocycles. The van der Waals surface area contributed by atoms with Gasteiger partial charge in [0.15, 0.2) is 5.82 Å². The number of anilines is 2. The Kier molecular flexibility index (Phi) is 4.17. The number of carbonyl (C=O) groups is 1. The molecule has 8 heteroatoms. The average Bonchev–Trinajstić information content (AvgIpc) is 2.37. The molecule has 0 aliphatic carbocycles. The van der Waals surface area contributed by atoms with Gasteiger partial charge in [0.25, 0.3) is 5.91 Å². The van der Waals surface area contributed by atoms with E-state index >= 15 is 0 Å². The summed E-state index contributed by atoms with van der Waals surface area (Å²) in [4.78, 5) is 11.9. The Morgan fingerprint density at radius 1 is 1.00 bits per heavy atom. The first-order valence-corrected chi connectivity index (χ1v) is 6.29. The monoisotopic (exact) mass is 362 g/mol. The number of hydrogen-bond acceptors (Lipinski definition) is 2. The lowest BCUT2D eigenvalue weighted by atomic mass is 10.1. The predicted molar refractivity (Wildman–Crippen MR) is 72.8 cm³/mol. The number of amides is 1. The van der Waals surface area contributed by atoms with Crippen LogP contribution in [0.15, 0.2) is 28.7 Å². The highest BCUT2D eigenvalue weighted by Gasteiger charge is 2.18. The lowest BCUT2D eigenvalue weighted by molar-refractivity contribution is 0.102. The van der Waals surface area contributed by atoms with Gasteiger partial charge in [0.05, 0.1) is 16.9 Å². The van der Waals surface area contributed by atoms with Gasteiger partial charge in [0.1, 0.15) is 17.5 Å². The van der Waals surface area contributed by atoms with Crippen molar-refractivity contribution in [1.82, 2.24) is 0 Å². The van der Waals surface area contributed by atoms with Gasteiger partial charge in [-0.1, -0.05) is 0 Å². The smallest absolute Gasteiger partial charge is 0.258 e. The fourth-order valence-electron chi connectivity index (χ4n) is 1.58. The third-order valence-electron chi connectivity index (χ3n) is 2.58. The molecular weight excluding hydrogens is 356 g/mol. The highest BCUT2D eigenvalue weighted by Crippen LogP contribution is 2.28. The Balaban J connectivity index is 2.37. The summed E-state index contributed by atoms with van der Waals surface area (Å²) in [7, 11) is 0. The van der Waals surface area contributed by atoms with E-state index in [-0.39, 0.29) is 10.2 Å². The van der Waals surface area contributed by atoms with Crippen molar-refractivity contribution in [3.8, 4) is 0 Å². The molecule has 1 amide bonds. The van der Waals surface area contributed by atoms with Crippen LogP contribution < -0.4 is 11.1 Å². The molecule has 0 atom stereocenters. The highest BCUT2D eigenvalue weighted by atomic mass is 79.9. The molecule has 0 unspecified atom stereocenters. The van der Waals surface area contributed by atoms with Crippen molar-refractivity contribution in [2.45, 2.75) is 0 Å². The second kappa shape index (κ2) is 5.72. The molecule has 0 saturated carbocycles. The average molecular weight is 363 g/mol. The van der Waals surface area contributed by atoms with E-state index in [9.17, 15) is 22.4 Å². The molecule has 0 saturated heterocycles. The van der Waals surface area contributed by atoms with Crippen LogP contribution in [0.25, 0.3) is 0 Å². The highest BCUT2D eigenvalue weighted by molar-refractivity contribution is 9.10. The largest absolute Gasteiger partial charge is 0.396 e. The Hall–Kier alpha value is -2.09. The third kappa shape index (κ3) is 3.15. The van der Waals surface area contributed by atoms with Crippen molar-refractivity contribution in [2.24, 2.45) is 0 Å². The molecule has 0 spiro atoms. The van der Waals surface area contributed by atoms with Gasteiger partial charge in [-0.2, -0.15) is 0 Å². The van der Waals surface area contributed by atoms with Crippen LogP contribution in [0.4, 0.5) is 28.9 Å². The molecule has 0 radical (unpaired) electrons. The summed E-state index contributed by atoms with van der Waals surface area (Å²) in [5.41, 5.74) is 3.88. The Morgan fingerprint density at radius 2 is 1.67 bits per heavy atom. The van der Waals surface area contributed by atoms with Gasteiger partial charge in [0.2, 0.25) is 0 Å². The molecular formula is C13H7BrF4N2O. The van der Waals surface area contributed by atoms with Crippen LogP contribution in [-0.2, 0) is 0 Å². The molecule has 2 rings (SSSR count). The molecule has 110 valence electrons. The topological polar surface area (TPSA) is 55.1 Å². The van der Waals surface area contributed by atoms with Crippen LogP contribution in [0.5, 0.6) is 0 Å². The molecule has 0 fully saturated rings. The van der Waals surface area contributed by atoms with Crippen molar-refractivity contribution in [1.29, 1.82) is 0 Å². The van der Waals surface area contributed by atoms with Crippen LogP contribution in [0.3, 0.4) is 0 Å². The van der Waals surface area contributed by atoms with E-state index in [1.54, 1.807) is 0 Å². The number of nitrogen functional groups attached to an aromatic ring is 1. The number of rotatable bonds is 2. The molecule has 0 aliphatic rings. The van der Waals surface area contributed by atoms with Crippen molar-refractivity contribution < 1.29 is 22.4 Å². The molecule has 21 heavy (non-hydrogen) atoms. The maximum atomic E-state index is 13.6. The summed E-state index contributed by atoms with van der Waals surface area (Å²) in [6, 6.07) is 2.71. The number of benzene rings is 2. The SMILES string of the molecule is Nc1cc(C(=O)Nc2c(F)cc(F)cc2Br)c(F)cc1F. The molecule has 0 bridgehead atoms. The second-order valence-corrected chi connectivity index (χ2v) is 4.91. The van der Waals surface area contributed by atoms with E-state index in [4.69, 9.17) is 5.73 Å². The lowest BCUT2D eigenvalue weighted by Gasteiger charge is -2.10. The third-order valence-corrected chi connectivity index (χ3v) is 3.20. The van der Waals surface area contributed by atoms with E-state index in [1.165, 1.54) is 0 Å². The molecule has 0 heterocycles. The van der Waals surface area contributed by atoms with Gasteiger partial charge in [-0.25, -0.2) is 17.6 Å². The van der Waals surface area contributed by atoms with Gasteiger partial charge in [-0.05, 0) is 28.1 Å². The van der Waals surface area contributed by atoms with E-state index in [2.05, 4.69) is 21.2 Å². The quantitative estimate of drug-likeness (QED) is 0.629. The van der Waals surface area contributed by atoms with Crippen molar-refractivity contribution >= 4 is 33.2 Å². The summed E-state index contributed by atoms with van der Waals surface area (Å²) in [6.45, 7) is 0. The van der Waals surface area contributed by atoms with Gasteiger partial charge in [0, 0.05) is 16.6 Å². The van der Waals surface area contributed by atoms with E-state index in [1.807, 2.05) is 0 Å². The molecule has 0 aliphatic heterocycles. The zero-order chi connectivity index (χ0) is 15.7. The first-order chi connectivity index (χ1) is 9.79. The van der Waals surface area contributed by atoms with Crippen LogP contribution >= 0.6 is 15.9 Å². The minimum Gasteiger partial charge on any atom is -0.396 e. The summed E-state index contributed by atoms with van der Waals surface area (Å²) in [6.07, 6.45) is 0. The van der Waals surface area contributed by atoms with E-state index in [0.717, 1.165) is 12.1 Å². The van der Waals surface area contributed by atoms with E-state index in [0.29, 0.717) is 12.1 Å². The zero-order valence-corrected chi connectivity index (χ0v) is 11.8. The normalized spacial score (nSPS) is 10.5. The fourth-order valence-corrected chi connectivity index (χ4v) is 2.09. The first kappa shape index (κ1) is 15.3. The van der Waals surface area contributed by atoms with Crippen LogP contribution in [-0.4, -0.2) is 5.91 Å². The zero-order valence-electron chi connectivity index (χ0n) is 10.2. The van der Waals surface area contributed by atoms with Crippen LogP contribution in [0.2, 0.25) is 0 Å². The van der Waals surface area contributed by atoms with Gasteiger partial charge >= 0.3 is 0 Å². The van der Waals surface area contributed by atoms with Gasteiger partial charge in [-0.3, -0.25) is 4.79 Å². The second-order valence-electron chi connectivity index (χ2n) is 4.05. The van der Waals surface area contributed by atoms with E-state index < -0.39 is 40.4 Å². The minimum absolute atomic E-state index is 0.0659. The lowest BCUT2D eigenvalue weighted by Crippen LogP contribution is -2.16. The summed E-state index contributed by atoms with van der Waals surface area (Å²) >= 11 is 2.87. The molecule has 0 aromatic heterocycles. The standard InChI is InChI=1S/C13H7BrF4N2O/c14-7-1-5(15)2-10(18)12(7)20-13(21)6-3-11(19)9(17)4-8(6)16/h1-4H,19H2,(H,20,21). The maximum absolute atomic E-state index is 13.6.